The molecule has 0 saturated carbocycles. The Hall–Kier alpha value is -0.190. The van der Waals surface area contributed by atoms with Gasteiger partial charge in [0.1, 0.15) is 11.1 Å². The zero-order valence-corrected chi connectivity index (χ0v) is 14.6. The molecule has 4 heteroatoms. The number of morpholine rings is 1. The monoisotopic (exact) mass is 314 g/mol. The van der Waals surface area contributed by atoms with Crippen molar-refractivity contribution in [1.82, 2.24) is 4.90 Å². The topological polar surface area (TPSA) is 38.5 Å². The molecule has 0 aromatic heterocycles. The molecule has 124 valence electrons. The lowest BCUT2D eigenvalue weighted by Crippen LogP contribution is -2.47. The minimum absolute atomic E-state index is 0.0307. The van der Waals surface area contributed by atoms with Crippen molar-refractivity contribution in [3.05, 3.63) is 0 Å². The van der Waals surface area contributed by atoms with Gasteiger partial charge < -0.3 is 10.5 Å². The highest BCUT2D eigenvalue weighted by molar-refractivity contribution is 7.80. The first kappa shape index (κ1) is 18.9. The molecule has 0 bridgehead atoms. The van der Waals surface area contributed by atoms with Crippen molar-refractivity contribution >= 4 is 17.2 Å². The third kappa shape index (κ3) is 9.43. The fourth-order valence-corrected chi connectivity index (χ4v) is 3.04. The highest BCUT2D eigenvalue weighted by atomic mass is 32.1. The van der Waals surface area contributed by atoms with Crippen molar-refractivity contribution in [1.29, 1.82) is 0 Å². The average molecular weight is 315 g/mol. The van der Waals surface area contributed by atoms with E-state index in [-0.39, 0.29) is 6.10 Å². The summed E-state index contributed by atoms with van der Waals surface area (Å²) in [4.78, 5) is 2.95. The van der Waals surface area contributed by atoms with Gasteiger partial charge in [0.05, 0.1) is 6.61 Å². The Bertz CT molecular complexity index is 274. The number of thiocarbonyl (C=S) groups is 1. The van der Waals surface area contributed by atoms with Crippen LogP contribution in [-0.2, 0) is 4.74 Å². The van der Waals surface area contributed by atoms with E-state index in [0.717, 1.165) is 19.7 Å². The van der Waals surface area contributed by atoms with Crippen molar-refractivity contribution in [2.75, 3.05) is 26.2 Å². The van der Waals surface area contributed by atoms with Crippen molar-refractivity contribution in [3.63, 3.8) is 0 Å². The Morgan fingerprint density at radius 3 is 2.19 bits per heavy atom. The predicted octanol–water partition coefficient (Wildman–Crippen LogP) is 3.89. The molecule has 21 heavy (non-hydrogen) atoms. The fourth-order valence-electron chi connectivity index (χ4n) is 2.90. The van der Waals surface area contributed by atoms with E-state index in [4.69, 9.17) is 22.7 Å². The summed E-state index contributed by atoms with van der Waals surface area (Å²) in [5.41, 5.74) is 5.66. The van der Waals surface area contributed by atoms with E-state index in [9.17, 15) is 0 Å². The summed E-state index contributed by atoms with van der Waals surface area (Å²) < 4.78 is 5.56. The van der Waals surface area contributed by atoms with E-state index in [2.05, 4.69) is 11.8 Å². The fraction of sp³-hybridized carbons (Fsp3) is 0.941. The van der Waals surface area contributed by atoms with Gasteiger partial charge in [0, 0.05) is 13.1 Å². The zero-order chi connectivity index (χ0) is 15.3. The predicted molar refractivity (Wildman–Crippen MR) is 94.8 cm³/mol. The summed E-state index contributed by atoms with van der Waals surface area (Å²) in [5, 5.41) is 0. The molecule has 1 aliphatic heterocycles. The van der Waals surface area contributed by atoms with Crippen LogP contribution in [0.3, 0.4) is 0 Å². The molecule has 1 rings (SSSR count). The first-order valence-corrected chi connectivity index (χ1v) is 9.28. The van der Waals surface area contributed by atoms with Crippen molar-refractivity contribution < 1.29 is 4.74 Å². The molecule has 3 nitrogen and oxygen atoms in total. The molecule has 1 fully saturated rings. The van der Waals surface area contributed by atoms with Crippen molar-refractivity contribution in [2.24, 2.45) is 5.73 Å². The lowest BCUT2D eigenvalue weighted by molar-refractivity contribution is 0.00667. The standard InChI is InChI=1S/C17H34N2OS/c1-2-3-4-5-6-7-8-9-10-11-12-19-13-14-20-16(15-19)17(18)21/h16H,2-15H2,1H3,(H2,18,21). The van der Waals surface area contributed by atoms with E-state index in [1.54, 1.807) is 0 Å². The average Bonchev–Trinajstić information content (AvgIpc) is 2.49. The largest absolute Gasteiger partial charge is 0.391 e. The minimum atomic E-state index is -0.0307. The van der Waals surface area contributed by atoms with E-state index < -0.39 is 0 Å². The smallest absolute Gasteiger partial charge is 0.120 e. The lowest BCUT2D eigenvalue weighted by Gasteiger charge is -2.32. The number of nitrogens with two attached hydrogens (primary N) is 1. The van der Waals surface area contributed by atoms with Gasteiger partial charge in [-0.3, -0.25) is 4.90 Å². The molecule has 0 spiro atoms. The van der Waals surface area contributed by atoms with Crippen LogP contribution < -0.4 is 5.73 Å². The number of unbranched alkanes of at least 4 members (excludes halogenated alkanes) is 9. The highest BCUT2D eigenvalue weighted by Crippen LogP contribution is 2.12. The van der Waals surface area contributed by atoms with Crippen LogP contribution in [-0.4, -0.2) is 42.2 Å². The van der Waals surface area contributed by atoms with Gasteiger partial charge in [-0.05, 0) is 13.0 Å². The second kappa shape index (κ2) is 12.4. The lowest BCUT2D eigenvalue weighted by atomic mass is 10.1. The van der Waals surface area contributed by atoms with Crippen LogP contribution >= 0.6 is 12.2 Å². The van der Waals surface area contributed by atoms with E-state index in [1.165, 1.54) is 70.8 Å². The Morgan fingerprint density at radius 2 is 1.62 bits per heavy atom. The van der Waals surface area contributed by atoms with E-state index in [1.807, 2.05) is 0 Å². The van der Waals surface area contributed by atoms with Crippen molar-refractivity contribution in [3.8, 4) is 0 Å². The quantitative estimate of drug-likeness (QED) is 0.438. The van der Waals surface area contributed by atoms with E-state index >= 15 is 0 Å². The number of nitrogens with zero attached hydrogens (tertiary/aromatic N) is 1. The molecule has 0 aromatic carbocycles. The third-order valence-corrected chi connectivity index (χ3v) is 4.56. The molecule has 0 amide bonds. The maximum absolute atomic E-state index is 5.66. The summed E-state index contributed by atoms with van der Waals surface area (Å²) in [5.74, 6) is 0. The van der Waals surface area contributed by atoms with Crippen molar-refractivity contribution in [2.45, 2.75) is 77.2 Å². The zero-order valence-electron chi connectivity index (χ0n) is 13.8. The molecule has 1 atom stereocenters. The van der Waals surface area contributed by atoms with Crippen LogP contribution in [0.15, 0.2) is 0 Å². The maximum atomic E-state index is 5.66. The van der Waals surface area contributed by atoms with Gasteiger partial charge in [-0.15, -0.1) is 0 Å². The molecule has 0 aliphatic carbocycles. The van der Waals surface area contributed by atoms with Crippen LogP contribution in [0.25, 0.3) is 0 Å². The summed E-state index contributed by atoms with van der Waals surface area (Å²) in [6.45, 7) is 6.11. The molecule has 2 N–H and O–H groups in total. The molecule has 1 saturated heterocycles. The Labute approximate surface area is 136 Å². The van der Waals surface area contributed by atoms with Gasteiger partial charge >= 0.3 is 0 Å². The van der Waals surface area contributed by atoms with Gasteiger partial charge in [-0.25, -0.2) is 0 Å². The van der Waals surface area contributed by atoms with Gasteiger partial charge in [0.2, 0.25) is 0 Å². The summed E-state index contributed by atoms with van der Waals surface area (Å²) in [6, 6.07) is 0. The molecule has 0 radical (unpaired) electrons. The summed E-state index contributed by atoms with van der Waals surface area (Å²) in [7, 11) is 0. The van der Waals surface area contributed by atoms with Crippen LogP contribution in [0.1, 0.15) is 71.1 Å². The molecular weight excluding hydrogens is 280 g/mol. The first-order chi connectivity index (χ1) is 10.2. The minimum Gasteiger partial charge on any atom is -0.391 e. The number of ether oxygens (including phenoxy) is 1. The van der Waals surface area contributed by atoms with E-state index in [0.29, 0.717) is 4.99 Å². The first-order valence-electron chi connectivity index (χ1n) is 8.87. The second-order valence-electron chi connectivity index (χ2n) is 6.24. The highest BCUT2D eigenvalue weighted by Gasteiger charge is 2.21. The van der Waals surface area contributed by atoms with Gasteiger partial charge in [-0.1, -0.05) is 76.9 Å². The Kier molecular flexibility index (Phi) is 11.1. The maximum Gasteiger partial charge on any atom is 0.120 e. The molecule has 1 heterocycles. The van der Waals surface area contributed by atoms with Crippen LogP contribution in [0.5, 0.6) is 0 Å². The molecule has 0 aromatic rings. The molecule has 1 aliphatic rings. The second-order valence-corrected chi connectivity index (χ2v) is 6.72. The Morgan fingerprint density at radius 1 is 1.05 bits per heavy atom. The Balaban J connectivity index is 1.89. The van der Waals surface area contributed by atoms with Crippen LogP contribution in [0, 0.1) is 0 Å². The third-order valence-electron chi connectivity index (χ3n) is 4.30. The summed E-state index contributed by atoms with van der Waals surface area (Å²) >= 11 is 5.02. The normalized spacial score (nSPS) is 19.8. The SMILES string of the molecule is CCCCCCCCCCCCN1CCOC(C(N)=S)C1. The number of hydrogen-bond acceptors (Lipinski definition) is 3. The number of rotatable bonds is 12. The van der Waals surface area contributed by atoms with Gasteiger partial charge in [0.15, 0.2) is 0 Å². The van der Waals surface area contributed by atoms with Gasteiger partial charge in [0.25, 0.3) is 0 Å². The molecule has 1 unspecified atom stereocenters. The van der Waals surface area contributed by atoms with Crippen LogP contribution in [0.4, 0.5) is 0 Å². The number of hydrogen-bond donors (Lipinski definition) is 1. The summed E-state index contributed by atoms with van der Waals surface area (Å²) in [6.07, 6.45) is 13.9. The van der Waals surface area contributed by atoms with Crippen LogP contribution in [0.2, 0.25) is 0 Å². The van der Waals surface area contributed by atoms with Gasteiger partial charge in [-0.2, -0.15) is 0 Å². The molecular formula is C17H34N2OS.